The smallest absolute Gasteiger partial charge is 0.221 e. The first-order chi connectivity index (χ1) is 8.61. The Hall–Kier alpha value is -1.21. The number of nitrogens with two attached hydrogens (primary N) is 1. The van der Waals surface area contributed by atoms with Crippen LogP contribution in [0.1, 0.15) is 22.0 Å². The third-order valence-corrected chi connectivity index (χ3v) is 3.94. The number of anilines is 1. The van der Waals surface area contributed by atoms with E-state index in [1.165, 1.54) is 16.4 Å². The van der Waals surface area contributed by atoms with E-state index in [1.807, 2.05) is 11.6 Å². The first kappa shape index (κ1) is 13.2. The van der Waals surface area contributed by atoms with Crippen LogP contribution in [0.25, 0.3) is 0 Å². The third kappa shape index (κ3) is 2.78. The number of nitrogens with zero attached hydrogens (tertiary/aromatic N) is 4. The zero-order valence-corrected chi connectivity index (χ0v) is 12.1. The number of hydrogen-bond donors (Lipinski definition) is 2. The maximum atomic E-state index is 5.88. The first-order valence-corrected chi connectivity index (χ1v) is 7.06. The molecule has 0 spiro atoms. The van der Waals surface area contributed by atoms with Gasteiger partial charge in [-0.25, -0.2) is 9.97 Å². The fraction of sp³-hybridized carbons (Fsp3) is 0.455. The van der Waals surface area contributed by atoms with Crippen molar-refractivity contribution in [3.8, 4) is 0 Å². The summed E-state index contributed by atoms with van der Waals surface area (Å²) in [5, 5.41) is 0. The van der Waals surface area contributed by atoms with E-state index >= 15 is 0 Å². The van der Waals surface area contributed by atoms with E-state index in [9.17, 15) is 0 Å². The minimum absolute atomic E-state index is 0.526. The molecule has 0 fully saturated rings. The van der Waals surface area contributed by atoms with Crippen molar-refractivity contribution >= 4 is 30.0 Å². The zero-order valence-electron chi connectivity index (χ0n) is 10.4. The molecule has 0 aliphatic heterocycles. The quantitative estimate of drug-likeness (QED) is 0.647. The van der Waals surface area contributed by atoms with E-state index in [0.29, 0.717) is 18.2 Å². The standard InChI is InChI=1S/C11H15N5S2/c1-7-10(3-4-17)18-15-16(7)6-9-5-13-8(2)14-11(9)12/h5H,3-4,6H2,1-2H3,(H2-,12,13,14,17)/p+1. The molecule has 0 saturated carbocycles. The van der Waals surface area contributed by atoms with Crippen molar-refractivity contribution in [3.63, 3.8) is 0 Å². The number of rotatable bonds is 4. The molecule has 0 bridgehead atoms. The number of nitrogen functional groups attached to an aromatic ring is 1. The Morgan fingerprint density at radius 1 is 1.44 bits per heavy atom. The number of hydrogen-bond acceptors (Lipinski definition) is 6. The van der Waals surface area contributed by atoms with Crippen LogP contribution in [0.5, 0.6) is 0 Å². The Balaban J connectivity index is 2.23. The summed E-state index contributed by atoms with van der Waals surface area (Å²) in [7, 11) is 0. The average Bonchev–Trinajstić information content (AvgIpc) is 2.66. The largest absolute Gasteiger partial charge is 0.383 e. The second kappa shape index (κ2) is 5.62. The predicted octanol–water partition coefficient (Wildman–Crippen LogP) is 0.940. The third-order valence-electron chi connectivity index (χ3n) is 2.72. The predicted molar refractivity (Wildman–Crippen MR) is 74.9 cm³/mol. The Labute approximate surface area is 116 Å². The summed E-state index contributed by atoms with van der Waals surface area (Å²) in [6, 6.07) is 0. The maximum absolute atomic E-state index is 5.88. The lowest BCUT2D eigenvalue weighted by Gasteiger charge is -2.00. The SMILES string of the molecule is Cc1ncc(C[n+]2nsc(CCS)c2C)c(N)n1. The van der Waals surface area contributed by atoms with Crippen LogP contribution in [-0.2, 0) is 13.0 Å². The van der Waals surface area contributed by atoms with Gasteiger partial charge in [0.15, 0.2) is 0 Å². The van der Waals surface area contributed by atoms with Gasteiger partial charge in [0.1, 0.15) is 11.6 Å². The molecule has 2 aromatic heterocycles. The van der Waals surface area contributed by atoms with Crippen LogP contribution in [0.2, 0.25) is 0 Å². The van der Waals surface area contributed by atoms with Gasteiger partial charge in [-0.1, -0.05) is 4.68 Å². The highest BCUT2D eigenvalue weighted by atomic mass is 32.1. The van der Waals surface area contributed by atoms with Gasteiger partial charge >= 0.3 is 0 Å². The zero-order chi connectivity index (χ0) is 13.1. The monoisotopic (exact) mass is 282 g/mol. The Morgan fingerprint density at radius 3 is 2.89 bits per heavy atom. The molecule has 0 saturated heterocycles. The van der Waals surface area contributed by atoms with Crippen LogP contribution >= 0.6 is 24.2 Å². The fourth-order valence-corrected chi connectivity index (χ4v) is 2.82. The molecule has 96 valence electrons. The highest BCUT2D eigenvalue weighted by Gasteiger charge is 2.19. The topological polar surface area (TPSA) is 68.6 Å². The minimum atomic E-state index is 0.526. The van der Waals surface area contributed by atoms with Gasteiger partial charge in [0.05, 0.1) is 14.9 Å². The van der Waals surface area contributed by atoms with E-state index < -0.39 is 0 Å². The Kier molecular flexibility index (Phi) is 4.13. The summed E-state index contributed by atoms with van der Waals surface area (Å²) in [6.07, 6.45) is 2.71. The average molecular weight is 282 g/mol. The van der Waals surface area contributed by atoms with Crippen LogP contribution in [0.15, 0.2) is 6.20 Å². The van der Waals surface area contributed by atoms with E-state index in [0.717, 1.165) is 23.4 Å². The van der Waals surface area contributed by atoms with Gasteiger partial charge in [-0.3, -0.25) is 0 Å². The van der Waals surface area contributed by atoms with E-state index in [1.54, 1.807) is 6.20 Å². The molecule has 18 heavy (non-hydrogen) atoms. The molecule has 0 aliphatic carbocycles. The lowest BCUT2D eigenvalue weighted by Crippen LogP contribution is -2.39. The van der Waals surface area contributed by atoms with E-state index in [4.69, 9.17) is 5.73 Å². The van der Waals surface area contributed by atoms with Crippen molar-refractivity contribution in [2.24, 2.45) is 0 Å². The molecule has 0 aromatic carbocycles. The molecule has 0 atom stereocenters. The van der Waals surface area contributed by atoms with Gasteiger partial charge in [0.25, 0.3) is 0 Å². The molecule has 5 nitrogen and oxygen atoms in total. The summed E-state index contributed by atoms with van der Waals surface area (Å²) in [5.41, 5.74) is 7.94. The summed E-state index contributed by atoms with van der Waals surface area (Å²) in [5.74, 6) is 2.05. The fourth-order valence-electron chi connectivity index (χ4n) is 1.64. The van der Waals surface area contributed by atoms with Gasteiger partial charge < -0.3 is 5.73 Å². The highest BCUT2D eigenvalue weighted by Crippen LogP contribution is 2.12. The van der Waals surface area contributed by atoms with Crippen molar-refractivity contribution in [2.75, 3.05) is 11.5 Å². The second-order valence-corrected chi connectivity index (χ2v) is 5.33. The molecule has 0 amide bonds. The minimum Gasteiger partial charge on any atom is -0.383 e. The van der Waals surface area contributed by atoms with E-state index in [2.05, 4.69) is 34.0 Å². The van der Waals surface area contributed by atoms with Crippen LogP contribution in [-0.4, -0.2) is 20.2 Å². The van der Waals surface area contributed by atoms with Crippen molar-refractivity contribution in [1.82, 2.24) is 14.5 Å². The lowest BCUT2D eigenvalue weighted by molar-refractivity contribution is -0.744. The van der Waals surface area contributed by atoms with Gasteiger partial charge in [0.2, 0.25) is 12.2 Å². The molecular weight excluding hydrogens is 266 g/mol. The van der Waals surface area contributed by atoms with Gasteiger partial charge in [-0.05, 0) is 19.1 Å². The van der Waals surface area contributed by atoms with Crippen LogP contribution in [0.3, 0.4) is 0 Å². The van der Waals surface area contributed by atoms with Crippen LogP contribution in [0.4, 0.5) is 5.82 Å². The Morgan fingerprint density at radius 2 is 2.22 bits per heavy atom. The van der Waals surface area contributed by atoms with Crippen molar-refractivity contribution in [1.29, 1.82) is 0 Å². The summed E-state index contributed by atoms with van der Waals surface area (Å²) < 4.78 is 6.34. The normalized spacial score (nSPS) is 10.8. The molecule has 2 heterocycles. The van der Waals surface area contributed by atoms with Crippen LogP contribution in [0, 0.1) is 13.8 Å². The molecular formula is C11H16N5S2+. The Bertz CT molecular complexity index is 552. The molecule has 0 radical (unpaired) electrons. The van der Waals surface area contributed by atoms with Gasteiger partial charge in [-0.15, -0.1) is 0 Å². The van der Waals surface area contributed by atoms with Crippen molar-refractivity contribution < 1.29 is 4.68 Å². The number of aromatic nitrogens is 4. The highest BCUT2D eigenvalue weighted by molar-refractivity contribution is 7.80. The number of aryl methyl sites for hydroxylation is 2. The molecule has 2 N–H and O–H groups in total. The molecule has 2 aromatic rings. The summed E-state index contributed by atoms with van der Waals surface area (Å²) in [4.78, 5) is 9.59. The number of thiol groups is 1. The molecule has 2 rings (SSSR count). The summed E-state index contributed by atoms with van der Waals surface area (Å²) in [6.45, 7) is 4.50. The van der Waals surface area contributed by atoms with Gasteiger partial charge in [0, 0.05) is 24.7 Å². The van der Waals surface area contributed by atoms with Gasteiger partial charge in [-0.2, -0.15) is 12.6 Å². The molecule has 7 heteroatoms. The van der Waals surface area contributed by atoms with E-state index in [-0.39, 0.29) is 0 Å². The second-order valence-electron chi connectivity index (χ2n) is 4.04. The first-order valence-electron chi connectivity index (χ1n) is 5.66. The van der Waals surface area contributed by atoms with Crippen molar-refractivity contribution in [3.05, 3.63) is 28.2 Å². The molecule has 0 unspecified atom stereocenters. The summed E-state index contributed by atoms with van der Waals surface area (Å²) >= 11 is 5.76. The lowest BCUT2D eigenvalue weighted by atomic mass is 10.3. The maximum Gasteiger partial charge on any atom is 0.221 e. The molecule has 0 aliphatic rings. The van der Waals surface area contributed by atoms with Crippen molar-refractivity contribution in [2.45, 2.75) is 26.8 Å². The van der Waals surface area contributed by atoms with Crippen LogP contribution < -0.4 is 10.4 Å².